The lowest BCUT2D eigenvalue weighted by atomic mass is 10.6. The van der Waals surface area contributed by atoms with Crippen LogP contribution in [0.4, 0.5) is 10.6 Å². The molecule has 0 spiro atoms. The second kappa shape index (κ2) is 2.82. The summed E-state index contributed by atoms with van der Waals surface area (Å²) in [4.78, 5) is 21.4. The Morgan fingerprint density at radius 3 is 2.91 bits per heavy atom. The predicted molar refractivity (Wildman–Crippen MR) is 36.7 cm³/mol. The fourth-order valence-electron chi connectivity index (χ4n) is 0.610. The number of rotatable bonds is 2. The van der Waals surface area contributed by atoms with Gasteiger partial charge in [-0.2, -0.15) is 5.10 Å². The van der Waals surface area contributed by atoms with Crippen LogP contribution >= 0.6 is 0 Å². The van der Waals surface area contributed by atoms with Gasteiger partial charge in [0.25, 0.3) is 0 Å². The minimum Gasteiger partial charge on any atom is -0.351 e. The van der Waals surface area contributed by atoms with Crippen LogP contribution in [0.2, 0.25) is 0 Å². The second-order valence-electron chi connectivity index (χ2n) is 1.76. The predicted octanol–water partition coefficient (Wildman–Crippen LogP) is -0.549. The molecule has 0 aliphatic rings. The van der Waals surface area contributed by atoms with Crippen LogP contribution < -0.4 is 10.6 Å². The fourth-order valence-corrected chi connectivity index (χ4v) is 0.610. The molecule has 0 aliphatic heterocycles. The topological polar surface area (TPSA) is 92.1 Å². The zero-order valence-corrected chi connectivity index (χ0v) is 5.52. The first kappa shape index (κ1) is 7.26. The SMILES string of the molecule is NC(=O)N(C=O)c1ccn[nH]1. The number of imide groups is 1. The maximum Gasteiger partial charge on any atom is 0.327 e. The smallest absolute Gasteiger partial charge is 0.327 e. The molecule has 0 atom stereocenters. The van der Waals surface area contributed by atoms with Crippen molar-refractivity contribution in [3.63, 3.8) is 0 Å². The number of nitrogens with one attached hydrogen (secondary N) is 1. The summed E-state index contributed by atoms with van der Waals surface area (Å²) in [6.45, 7) is 0. The van der Waals surface area contributed by atoms with Crippen molar-refractivity contribution >= 4 is 18.3 Å². The maximum atomic E-state index is 10.5. The highest BCUT2D eigenvalue weighted by molar-refractivity contribution is 6.04. The summed E-state index contributed by atoms with van der Waals surface area (Å²) in [6, 6.07) is 0.614. The zero-order chi connectivity index (χ0) is 8.27. The molecule has 6 heteroatoms. The number of carbonyl (C=O) groups excluding carboxylic acids is 2. The van der Waals surface area contributed by atoms with E-state index in [9.17, 15) is 9.59 Å². The van der Waals surface area contributed by atoms with Crippen molar-refractivity contribution < 1.29 is 9.59 Å². The molecule has 0 saturated carbocycles. The van der Waals surface area contributed by atoms with Crippen LogP contribution in [0.5, 0.6) is 0 Å². The first-order chi connectivity index (χ1) is 5.25. The van der Waals surface area contributed by atoms with Crippen LogP contribution in [0.1, 0.15) is 0 Å². The van der Waals surface area contributed by atoms with Crippen molar-refractivity contribution in [1.29, 1.82) is 0 Å². The van der Waals surface area contributed by atoms with E-state index < -0.39 is 6.03 Å². The standard InChI is InChI=1S/C5H6N4O2/c6-5(11)9(3-10)4-1-2-7-8-4/h1-3H,(H2,6,11)(H,7,8). The molecule has 1 rings (SSSR count). The number of H-pyrrole nitrogens is 1. The van der Waals surface area contributed by atoms with E-state index in [4.69, 9.17) is 5.73 Å². The lowest BCUT2D eigenvalue weighted by Crippen LogP contribution is -2.34. The molecule has 0 bridgehead atoms. The van der Waals surface area contributed by atoms with E-state index in [0.29, 0.717) is 11.3 Å². The fraction of sp³-hybridized carbons (Fsp3) is 0. The van der Waals surface area contributed by atoms with Gasteiger partial charge in [0.15, 0.2) is 0 Å². The molecule has 0 radical (unpaired) electrons. The molecule has 58 valence electrons. The number of aromatic amines is 1. The van der Waals surface area contributed by atoms with Gasteiger partial charge in [0.05, 0.1) is 6.20 Å². The summed E-state index contributed by atoms with van der Waals surface area (Å²) in [6.07, 6.45) is 1.73. The average molecular weight is 154 g/mol. The van der Waals surface area contributed by atoms with E-state index in [0.717, 1.165) is 0 Å². The Balaban J connectivity index is 2.88. The average Bonchev–Trinajstić information content (AvgIpc) is 2.40. The third-order valence-corrected chi connectivity index (χ3v) is 1.09. The monoisotopic (exact) mass is 154 g/mol. The van der Waals surface area contributed by atoms with Crippen LogP contribution in [0.3, 0.4) is 0 Å². The van der Waals surface area contributed by atoms with Crippen molar-refractivity contribution in [2.45, 2.75) is 0 Å². The van der Waals surface area contributed by atoms with Gasteiger partial charge >= 0.3 is 6.03 Å². The number of primary amides is 1. The Morgan fingerprint density at radius 1 is 1.82 bits per heavy atom. The van der Waals surface area contributed by atoms with Crippen LogP contribution in [-0.2, 0) is 4.79 Å². The van der Waals surface area contributed by atoms with Gasteiger partial charge in [-0.15, -0.1) is 0 Å². The number of hydrogen-bond donors (Lipinski definition) is 2. The van der Waals surface area contributed by atoms with Crippen molar-refractivity contribution in [2.24, 2.45) is 5.73 Å². The van der Waals surface area contributed by atoms with Gasteiger partial charge in [-0.3, -0.25) is 9.89 Å². The van der Waals surface area contributed by atoms with E-state index in [-0.39, 0.29) is 5.82 Å². The second-order valence-corrected chi connectivity index (χ2v) is 1.76. The molecule has 11 heavy (non-hydrogen) atoms. The van der Waals surface area contributed by atoms with Gasteiger partial charge in [0.1, 0.15) is 5.82 Å². The highest BCUT2D eigenvalue weighted by atomic mass is 16.2. The molecule has 6 nitrogen and oxygen atoms in total. The molecule has 0 unspecified atom stereocenters. The van der Waals surface area contributed by atoms with E-state index in [2.05, 4.69) is 10.2 Å². The first-order valence-corrected chi connectivity index (χ1v) is 2.79. The highest BCUT2D eigenvalue weighted by Gasteiger charge is 2.10. The zero-order valence-electron chi connectivity index (χ0n) is 5.52. The van der Waals surface area contributed by atoms with Gasteiger partial charge in [-0.05, 0) is 0 Å². The van der Waals surface area contributed by atoms with Crippen LogP contribution in [-0.4, -0.2) is 22.6 Å². The Labute approximate surface area is 62.0 Å². The summed E-state index contributed by atoms with van der Waals surface area (Å²) in [7, 11) is 0. The summed E-state index contributed by atoms with van der Waals surface area (Å²) >= 11 is 0. The lowest BCUT2D eigenvalue weighted by Gasteiger charge is -2.07. The molecule has 3 N–H and O–H groups in total. The summed E-state index contributed by atoms with van der Waals surface area (Å²) < 4.78 is 0. The lowest BCUT2D eigenvalue weighted by molar-refractivity contribution is -0.106. The van der Waals surface area contributed by atoms with Crippen molar-refractivity contribution in [3.8, 4) is 0 Å². The number of amides is 3. The summed E-state index contributed by atoms with van der Waals surface area (Å²) in [5, 5.41) is 5.95. The number of hydrogen-bond acceptors (Lipinski definition) is 3. The third-order valence-electron chi connectivity index (χ3n) is 1.09. The quantitative estimate of drug-likeness (QED) is 0.560. The Morgan fingerprint density at radius 2 is 2.55 bits per heavy atom. The van der Waals surface area contributed by atoms with Crippen LogP contribution in [0, 0.1) is 0 Å². The van der Waals surface area contributed by atoms with Gasteiger partial charge in [-0.1, -0.05) is 0 Å². The number of aromatic nitrogens is 2. The molecule has 0 aliphatic carbocycles. The van der Waals surface area contributed by atoms with Gasteiger partial charge in [0, 0.05) is 6.07 Å². The van der Waals surface area contributed by atoms with Crippen LogP contribution in [0.25, 0.3) is 0 Å². The highest BCUT2D eigenvalue weighted by Crippen LogP contribution is 2.04. The first-order valence-electron chi connectivity index (χ1n) is 2.79. The number of carbonyl (C=O) groups is 2. The number of nitrogens with zero attached hydrogens (tertiary/aromatic N) is 2. The largest absolute Gasteiger partial charge is 0.351 e. The van der Waals surface area contributed by atoms with Gasteiger partial charge in [0.2, 0.25) is 6.41 Å². The molecule has 1 aromatic heterocycles. The number of nitrogens with two attached hydrogens (primary N) is 1. The van der Waals surface area contributed by atoms with E-state index in [1.807, 2.05) is 0 Å². The molecule has 1 aromatic rings. The normalized spacial score (nSPS) is 9.09. The summed E-state index contributed by atoms with van der Waals surface area (Å²) in [5.74, 6) is 0.257. The molecule has 0 aromatic carbocycles. The maximum absolute atomic E-state index is 10.5. The Kier molecular flexibility index (Phi) is 1.86. The minimum absolute atomic E-state index is 0.257. The molecule has 3 amide bonds. The molecular formula is C5H6N4O2. The number of anilines is 1. The number of urea groups is 1. The van der Waals surface area contributed by atoms with Gasteiger partial charge in [-0.25, -0.2) is 9.69 Å². The Bertz CT molecular complexity index is 255. The van der Waals surface area contributed by atoms with E-state index in [1.54, 1.807) is 0 Å². The van der Waals surface area contributed by atoms with Crippen molar-refractivity contribution in [1.82, 2.24) is 10.2 Å². The van der Waals surface area contributed by atoms with Crippen LogP contribution in [0.15, 0.2) is 12.3 Å². The van der Waals surface area contributed by atoms with E-state index >= 15 is 0 Å². The minimum atomic E-state index is -0.843. The Hall–Kier alpha value is -1.85. The van der Waals surface area contributed by atoms with E-state index in [1.165, 1.54) is 12.3 Å². The molecule has 0 saturated heterocycles. The third kappa shape index (κ3) is 1.34. The molecule has 0 fully saturated rings. The van der Waals surface area contributed by atoms with Crippen molar-refractivity contribution in [2.75, 3.05) is 4.90 Å². The molecular weight excluding hydrogens is 148 g/mol. The summed E-state index contributed by atoms with van der Waals surface area (Å²) in [5.41, 5.74) is 4.85. The van der Waals surface area contributed by atoms with Crippen molar-refractivity contribution in [3.05, 3.63) is 12.3 Å². The van der Waals surface area contributed by atoms with Gasteiger partial charge < -0.3 is 5.73 Å². The molecule has 1 heterocycles.